The van der Waals surface area contributed by atoms with Gasteiger partial charge < -0.3 is 20.0 Å². The summed E-state index contributed by atoms with van der Waals surface area (Å²) < 4.78 is 5.39. The van der Waals surface area contributed by atoms with Gasteiger partial charge in [0.05, 0.1) is 39.6 Å². The summed E-state index contributed by atoms with van der Waals surface area (Å²) >= 11 is 0. The van der Waals surface area contributed by atoms with Crippen molar-refractivity contribution in [3.05, 3.63) is 245 Å². The molecule has 0 bridgehead atoms. The van der Waals surface area contributed by atoms with Crippen LogP contribution in [-0.4, -0.2) is 5.84 Å². The van der Waals surface area contributed by atoms with Gasteiger partial charge in [0, 0.05) is 18.4 Å². The maximum Gasteiger partial charge on any atom is 0.277 e. The standard InChI is InChI=1S/C59H38N5O/c60-36-38-14-18-41(19-15-38)44-22-24-46(25-23-44)50-34-52(47-30-26-45(27-31-47)42-20-16-39(37-61)17-21-42)56-53(35-50)55-51(12-7-13-54(55)65-56)59-63-57(48-10-5-2-6-11-48)62-58(64-59)49-32-28-43(29-33-49)40-8-3-1-4-9-40/h1-35,58-59,64H/q-1/p+1. The molecule has 0 amide bonds. The van der Waals surface area contributed by atoms with Crippen molar-refractivity contribution in [1.29, 1.82) is 10.5 Å². The van der Waals surface area contributed by atoms with Crippen LogP contribution in [0.2, 0.25) is 0 Å². The quantitative estimate of drug-likeness (QED) is 0.154. The average Bonchev–Trinajstić information content (AvgIpc) is 3.78. The number of nitrogens with one attached hydrogen (secondary N) is 1. The van der Waals surface area contributed by atoms with E-state index >= 15 is 0 Å². The molecule has 6 heteroatoms. The minimum absolute atomic E-state index is 0.350. The van der Waals surface area contributed by atoms with Gasteiger partial charge in [-0.1, -0.05) is 176 Å². The van der Waals surface area contributed by atoms with Crippen molar-refractivity contribution in [2.24, 2.45) is 4.99 Å². The van der Waals surface area contributed by atoms with Crippen LogP contribution in [0.3, 0.4) is 0 Å². The molecule has 2 heterocycles. The zero-order valence-corrected chi connectivity index (χ0v) is 35.1. The maximum absolute atomic E-state index is 9.36. The van der Waals surface area contributed by atoms with Gasteiger partial charge in [0.15, 0.2) is 0 Å². The lowest BCUT2D eigenvalue weighted by molar-refractivity contribution is 0.491. The second-order valence-electron chi connectivity index (χ2n) is 16.2. The molecular formula is C59H39N5O. The monoisotopic (exact) mass is 833 g/mol. The summed E-state index contributed by atoms with van der Waals surface area (Å²) in [6.07, 6.45) is -0.777. The molecule has 0 saturated heterocycles. The number of hydrogen-bond donors (Lipinski definition) is 1. The first-order valence-electron chi connectivity index (χ1n) is 21.6. The topological polar surface area (TPSA) is 98.9 Å². The number of benzene rings is 9. The summed E-state index contributed by atoms with van der Waals surface area (Å²) in [6.45, 7) is 0. The Bertz CT molecular complexity index is 3450. The van der Waals surface area contributed by atoms with Crippen LogP contribution in [-0.2, 0) is 0 Å². The number of rotatable bonds is 8. The molecular weight excluding hydrogens is 795 g/mol. The van der Waals surface area contributed by atoms with Crippen molar-refractivity contribution < 1.29 is 4.42 Å². The van der Waals surface area contributed by atoms with Gasteiger partial charge >= 0.3 is 0 Å². The molecule has 1 aliphatic heterocycles. The highest BCUT2D eigenvalue weighted by atomic mass is 16.3. The van der Waals surface area contributed by atoms with Crippen molar-refractivity contribution in [3.63, 3.8) is 0 Å². The van der Waals surface area contributed by atoms with Crippen molar-refractivity contribution in [2.45, 2.75) is 12.3 Å². The highest BCUT2D eigenvalue weighted by molar-refractivity contribution is 6.13. The Morgan fingerprint density at radius 1 is 0.462 bits per heavy atom. The fourth-order valence-electron chi connectivity index (χ4n) is 8.85. The van der Waals surface area contributed by atoms with Gasteiger partial charge in [0.2, 0.25) is 0 Å². The fraction of sp³-hybridized carbons (Fsp3) is 0.0339. The maximum atomic E-state index is 9.36. The van der Waals surface area contributed by atoms with Crippen molar-refractivity contribution >= 4 is 27.8 Å². The molecule has 2 N–H and O–H groups in total. The lowest BCUT2D eigenvalue weighted by Crippen LogP contribution is -2.31. The van der Waals surface area contributed by atoms with Crippen LogP contribution in [0.5, 0.6) is 0 Å². The molecule has 0 aliphatic carbocycles. The van der Waals surface area contributed by atoms with Gasteiger partial charge in [-0.3, -0.25) is 0 Å². The molecule has 0 radical (unpaired) electrons. The number of nitriles is 2. The molecule has 0 saturated carbocycles. The first kappa shape index (κ1) is 39.1. The lowest BCUT2D eigenvalue weighted by Gasteiger charge is -2.40. The van der Waals surface area contributed by atoms with Gasteiger partial charge in [-0.15, -0.1) is 0 Å². The van der Waals surface area contributed by atoms with Crippen LogP contribution >= 0.6 is 0 Å². The minimum Gasteiger partial charge on any atom is -0.545 e. The van der Waals surface area contributed by atoms with Crippen LogP contribution in [0.25, 0.3) is 82.9 Å². The zero-order valence-electron chi connectivity index (χ0n) is 35.1. The van der Waals surface area contributed by atoms with Gasteiger partial charge in [0.1, 0.15) is 0 Å². The van der Waals surface area contributed by atoms with Crippen molar-refractivity contribution in [1.82, 2.24) is 5.32 Å². The average molecular weight is 834 g/mol. The summed E-state index contributed by atoms with van der Waals surface area (Å²) in [5, 5.41) is 29.8. The second kappa shape index (κ2) is 16.8. The second-order valence-corrected chi connectivity index (χ2v) is 16.2. The highest BCUT2D eigenvalue weighted by Gasteiger charge is 2.26. The number of fused-ring (bicyclic) bond motifs is 3. The molecule has 6 nitrogen and oxygen atoms in total. The van der Waals surface area contributed by atoms with Crippen LogP contribution in [0.4, 0.5) is 0 Å². The summed E-state index contributed by atoms with van der Waals surface area (Å²) in [5.41, 5.74) is 16.9. The Kier molecular flexibility index (Phi) is 10.1. The highest BCUT2D eigenvalue weighted by Crippen LogP contribution is 2.44. The molecule has 11 rings (SSSR count). The van der Waals surface area contributed by atoms with Crippen LogP contribution in [0.1, 0.15) is 40.1 Å². The van der Waals surface area contributed by atoms with Gasteiger partial charge in [0.25, 0.3) is 11.2 Å². The normalized spacial score (nSPS) is 14.6. The molecule has 0 spiro atoms. The summed E-state index contributed by atoms with van der Waals surface area (Å²) in [7, 11) is 0. The molecule has 9 aromatic carbocycles. The van der Waals surface area contributed by atoms with E-state index in [2.05, 4.69) is 157 Å². The first-order chi connectivity index (χ1) is 32.1. The number of amidine groups is 1. The van der Waals surface area contributed by atoms with Crippen LogP contribution in [0, 0.1) is 22.7 Å². The number of furan rings is 1. The molecule has 1 aliphatic rings. The third-order valence-corrected chi connectivity index (χ3v) is 12.3. The summed E-state index contributed by atoms with van der Waals surface area (Å²) in [6, 6.07) is 77.1. The van der Waals surface area contributed by atoms with E-state index in [-0.39, 0.29) is 6.17 Å². The number of hydrogen-bond acceptors (Lipinski definition) is 4. The van der Waals surface area contributed by atoms with E-state index in [1.807, 2.05) is 72.8 Å². The van der Waals surface area contributed by atoms with E-state index < -0.39 is 6.17 Å². The Balaban J connectivity index is 1.04. The molecule has 10 aromatic rings. The molecule has 2 unspecified atom stereocenters. The van der Waals surface area contributed by atoms with E-state index in [1.165, 1.54) is 5.56 Å². The van der Waals surface area contributed by atoms with E-state index in [4.69, 9.17) is 14.7 Å². The lowest BCUT2D eigenvalue weighted by atomic mass is 9.92. The van der Waals surface area contributed by atoms with Crippen LogP contribution in [0.15, 0.2) is 222 Å². The zero-order chi connectivity index (χ0) is 43.7. The van der Waals surface area contributed by atoms with Crippen LogP contribution < -0.4 is 5.32 Å². The van der Waals surface area contributed by atoms with E-state index in [0.29, 0.717) is 17.0 Å². The number of nitrogens with zero attached hydrogens (tertiary/aromatic N) is 4. The van der Waals surface area contributed by atoms with E-state index in [0.717, 1.165) is 88.7 Å². The predicted octanol–water partition coefficient (Wildman–Crippen LogP) is 14.9. The predicted molar refractivity (Wildman–Crippen MR) is 263 cm³/mol. The van der Waals surface area contributed by atoms with Gasteiger partial charge in [-0.05, 0) is 103 Å². The number of aliphatic imine (C=N–C) groups is 1. The first-order valence-corrected chi connectivity index (χ1v) is 21.6. The van der Waals surface area contributed by atoms with Gasteiger partial charge in [-0.25, -0.2) is 0 Å². The Morgan fingerprint density at radius 3 is 1.49 bits per heavy atom. The van der Waals surface area contributed by atoms with E-state index in [1.54, 1.807) is 0 Å². The summed E-state index contributed by atoms with van der Waals surface area (Å²) in [5.74, 6) is 0.693. The fourth-order valence-corrected chi connectivity index (χ4v) is 8.85. The third kappa shape index (κ3) is 7.62. The minimum atomic E-state index is -0.428. The SMILES string of the molecule is N#Cc1ccc(-c2ccc(-c3cc(-c4ccc(-c5ccc(C#N)cc5)cc4)c4[oH+]c5cccc(C6N=C(c7ccccc7)[N-]C(c7ccc(-c8ccccc8)cc7)N6)c5c4c3)cc2)cc1. The Morgan fingerprint density at radius 2 is 0.938 bits per heavy atom. The largest absolute Gasteiger partial charge is 0.545 e. The molecule has 2 atom stereocenters. The molecule has 0 fully saturated rings. The van der Waals surface area contributed by atoms with Crippen molar-refractivity contribution in [2.75, 3.05) is 0 Å². The molecule has 1 aromatic heterocycles. The Labute approximate surface area is 377 Å². The van der Waals surface area contributed by atoms with Gasteiger partial charge in [-0.2, -0.15) is 10.5 Å². The Hall–Kier alpha value is -8.81. The summed E-state index contributed by atoms with van der Waals surface area (Å²) in [4.78, 5) is 5.34. The molecule has 65 heavy (non-hydrogen) atoms. The smallest absolute Gasteiger partial charge is 0.277 e. The third-order valence-electron chi connectivity index (χ3n) is 12.3. The van der Waals surface area contributed by atoms with Crippen molar-refractivity contribution in [3.8, 4) is 67.8 Å². The van der Waals surface area contributed by atoms with E-state index in [9.17, 15) is 10.5 Å². The molecule has 306 valence electrons.